The number of fused-ring (bicyclic) bond motifs is 1. The lowest BCUT2D eigenvalue weighted by molar-refractivity contribution is -0.121. The number of nitrogens with zero attached hydrogens (tertiary/aromatic N) is 2. The minimum absolute atomic E-state index is 0.0971. The van der Waals surface area contributed by atoms with Crippen molar-refractivity contribution < 1.29 is 19.1 Å². The topological polar surface area (TPSA) is 71.1 Å². The standard InChI is InChI=1S/C15H19N3O4/c1-2-5-16-14(19)9-17-6-7-18(15(17)20)11-3-4-12-13(8-11)22-10-21-12/h3-4,8H,2,5-7,9-10H2,1H3,(H,16,19). The molecule has 0 aromatic heterocycles. The van der Waals surface area contributed by atoms with Gasteiger partial charge in [-0.1, -0.05) is 6.92 Å². The van der Waals surface area contributed by atoms with Crippen LogP contribution in [0.15, 0.2) is 18.2 Å². The van der Waals surface area contributed by atoms with Gasteiger partial charge in [0.25, 0.3) is 0 Å². The number of carbonyl (C=O) groups excluding carboxylic acids is 2. The molecule has 1 fully saturated rings. The highest BCUT2D eigenvalue weighted by Crippen LogP contribution is 2.36. The Bertz CT molecular complexity index is 590. The highest BCUT2D eigenvalue weighted by atomic mass is 16.7. The van der Waals surface area contributed by atoms with Crippen LogP contribution in [0.4, 0.5) is 10.5 Å². The fourth-order valence-electron chi connectivity index (χ4n) is 2.52. The molecule has 1 saturated heterocycles. The second kappa shape index (κ2) is 6.13. The molecule has 2 aliphatic rings. The summed E-state index contributed by atoms with van der Waals surface area (Å²) in [5.41, 5.74) is 0.755. The van der Waals surface area contributed by atoms with Crippen LogP contribution in [0, 0.1) is 0 Å². The third-order valence-electron chi connectivity index (χ3n) is 3.67. The van der Waals surface area contributed by atoms with Crippen LogP contribution < -0.4 is 19.7 Å². The van der Waals surface area contributed by atoms with Crippen molar-refractivity contribution in [1.29, 1.82) is 0 Å². The van der Waals surface area contributed by atoms with Crippen LogP contribution in [0.3, 0.4) is 0 Å². The van der Waals surface area contributed by atoms with E-state index in [1.54, 1.807) is 21.9 Å². The van der Waals surface area contributed by atoms with Gasteiger partial charge < -0.3 is 19.7 Å². The van der Waals surface area contributed by atoms with E-state index >= 15 is 0 Å². The van der Waals surface area contributed by atoms with E-state index in [1.807, 2.05) is 13.0 Å². The van der Waals surface area contributed by atoms with Crippen molar-refractivity contribution in [2.75, 3.05) is 37.9 Å². The summed E-state index contributed by atoms with van der Waals surface area (Å²) in [6.07, 6.45) is 0.878. The van der Waals surface area contributed by atoms with Gasteiger partial charge in [-0.15, -0.1) is 0 Å². The van der Waals surface area contributed by atoms with Crippen molar-refractivity contribution in [3.05, 3.63) is 18.2 Å². The number of urea groups is 1. The van der Waals surface area contributed by atoms with Crippen molar-refractivity contribution in [2.24, 2.45) is 0 Å². The Kier molecular flexibility index (Phi) is 4.04. The molecule has 0 aliphatic carbocycles. The summed E-state index contributed by atoms with van der Waals surface area (Å²) in [6, 6.07) is 5.25. The number of benzene rings is 1. The molecule has 1 aromatic rings. The third-order valence-corrected chi connectivity index (χ3v) is 3.67. The van der Waals surface area contributed by atoms with Gasteiger partial charge in [0.05, 0.1) is 0 Å². The number of amides is 3. The average Bonchev–Trinajstić information content (AvgIpc) is 3.12. The molecule has 0 atom stereocenters. The van der Waals surface area contributed by atoms with E-state index in [1.165, 1.54) is 0 Å². The Balaban J connectivity index is 1.65. The van der Waals surface area contributed by atoms with Crippen LogP contribution in [-0.2, 0) is 4.79 Å². The smallest absolute Gasteiger partial charge is 0.325 e. The summed E-state index contributed by atoms with van der Waals surface area (Å²) in [4.78, 5) is 27.4. The molecule has 1 N–H and O–H groups in total. The van der Waals surface area contributed by atoms with Gasteiger partial charge in [0.2, 0.25) is 12.7 Å². The first-order chi connectivity index (χ1) is 10.7. The quantitative estimate of drug-likeness (QED) is 0.887. The molecular formula is C15H19N3O4. The maximum absolute atomic E-state index is 12.4. The third kappa shape index (κ3) is 2.79. The largest absolute Gasteiger partial charge is 0.454 e. The van der Waals surface area contributed by atoms with E-state index in [0.29, 0.717) is 31.1 Å². The minimum atomic E-state index is -0.162. The Hall–Kier alpha value is -2.44. The summed E-state index contributed by atoms with van der Waals surface area (Å²) in [6.45, 7) is 4.01. The van der Waals surface area contributed by atoms with Gasteiger partial charge in [-0.3, -0.25) is 9.69 Å². The van der Waals surface area contributed by atoms with Gasteiger partial charge in [-0.05, 0) is 18.6 Å². The lowest BCUT2D eigenvalue weighted by Crippen LogP contribution is -2.40. The first-order valence-electron chi connectivity index (χ1n) is 7.42. The Morgan fingerprint density at radius 2 is 2.09 bits per heavy atom. The van der Waals surface area contributed by atoms with E-state index in [0.717, 1.165) is 12.1 Å². The lowest BCUT2D eigenvalue weighted by Gasteiger charge is -2.18. The van der Waals surface area contributed by atoms with Crippen molar-refractivity contribution in [2.45, 2.75) is 13.3 Å². The second-order valence-corrected chi connectivity index (χ2v) is 5.24. The lowest BCUT2D eigenvalue weighted by atomic mass is 10.2. The van der Waals surface area contributed by atoms with Gasteiger partial charge >= 0.3 is 6.03 Å². The molecule has 22 heavy (non-hydrogen) atoms. The maximum atomic E-state index is 12.4. The number of nitrogens with one attached hydrogen (secondary N) is 1. The van der Waals surface area contributed by atoms with Crippen LogP contribution in [0.1, 0.15) is 13.3 Å². The highest BCUT2D eigenvalue weighted by molar-refractivity contribution is 5.96. The molecule has 118 valence electrons. The number of hydrogen-bond acceptors (Lipinski definition) is 4. The van der Waals surface area contributed by atoms with Gasteiger partial charge in [-0.25, -0.2) is 4.79 Å². The van der Waals surface area contributed by atoms with E-state index < -0.39 is 0 Å². The first kappa shape index (κ1) is 14.5. The average molecular weight is 305 g/mol. The van der Waals surface area contributed by atoms with Crippen molar-refractivity contribution >= 4 is 17.6 Å². The van der Waals surface area contributed by atoms with E-state index in [-0.39, 0.29) is 25.3 Å². The summed E-state index contributed by atoms with van der Waals surface area (Å²) in [7, 11) is 0. The molecule has 0 radical (unpaired) electrons. The summed E-state index contributed by atoms with van der Waals surface area (Å²) < 4.78 is 10.6. The highest BCUT2D eigenvalue weighted by Gasteiger charge is 2.31. The molecule has 0 saturated carbocycles. The van der Waals surface area contributed by atoms with Crippen molar-refractivity contribution in [3.8, 4) is 11.5 Å². The second-order valence-electron chi connectivity index (χ2n) is 5.24. The van der Waals surface area contributed by atoms with Gasteiger partial charge in [0.1, 0.15) is 6.54 Å². The molecule has 0 spiro atoms. The number of hydrogen-bond donors (Lipinski definition) is 1. The molecule has 7 nitrogen and oxygen atoms in total. The molecule has 3 amide bonds. The van der Waals surface area contributed by atoms with Gasteiger partial charge in [0.15, 0.2) is 11.5 Å². The zero-order valence-electron chi connectivity index (χ0n) is 12.5. The number of rotatable bonds is 5. The molecule has 1 aromatic carbocycles. The molecule has 0 unspecified atom stereocenters. The predicted octanol–water partition coefficient (Wildman–Crippen LogP) is 1.18. The fourth-order valence-corrected chi connectivity index (χ4v) is 2.52. The molecule has 7 heteroatoms. The summed E-state index contributed by atoms with van der Waals surface area (Å²) >= 11 is 0. The van der Waals surface area contributed by atoms with Crippen LogP contribution >= 0.6 is 0 Å². The van der Waals surface area contributed by atoms with Crippen LogP contribution in [0.25, 0.3) is 0 Å². The number of ether oxygens (including phenoxy) is 2. The Labute approximate surface area is 128 Å². The molecule has 3 rings (SSSR count). The molecule has 0 bridgehead atoms. The first-order valence-corrected chi connectivity index (χ1v) is 7.42. The SMILES string of the molecule is CCCNC(=O)CN1CCN(c2ccc3c(c2)OCO3)C1=O. The molecule has 2 heterocycles. The van der Waals surface area contributed by atoms with Crippen molar-refractivity contribution in [3.63, 3.8) is 0 Å². The van der Waals surface area contributed by atoms with Gasteiger partial charge in [0, 0.05) is 31.4 Å². The molecule has 2 aliphatic heterocycles. The van der Waals surface area contributed by atoms with E-state index in [9.17, 15) is 9.59 Å². The van der Waals surface area contributed by atoms with Crippen LogP contribution in [0.5, 0.6) is 11.5 Å². The number of carbonyl (C=O) groups is 2. The van der Waals surface area contributed by atoms with E-state index in [4.69, 9.17) is 9.47 Å². The van der Waals surface area contributed by atoms with Crippen LogP contribution in [0.2, 0.25) is 0 Å². The Morgan fingerprint density at radius 1 is 1.27 bits per heavy atom. The number of anilines is 1. The molecular weight excluding hydrogens is 286 g/mol. The monoisotopic (exact) mass is 305 g/mol. The minimum Gasteiger partial charge on any atom is -0.454 e. The fraction of sp³-hybridized carbons (Fsp3) is 0.467. The zero-order valence-corrected chi connectivity index (χ0v) is 12.5. The predicted molar refractivity (Wildman–Crippen MR) is 80.2 cm³/mol. The normalized spacial score (nSPS) is 16.3. The maximum Gasteiger partial charge on any atom is 0.325 e. The summed E-state index contributed by atoms with van der Waals surface area (Å²) in [5.74, 6) is 1.21. The summed E-state index contributed by atoms with van der Waals surface area (Å²) in [5, 5.41) is 2.78. The van der Waals surface area contributed by atoms with Gasteiger partial charge in [-0.2, -0.15) is 0 Å². The Morgan fingerprint density at radius 3 is 2.91 bits per heavy atom. The van der Waals surface area contributed by atoms with Crippen molar-refractivity contribution in [1.82, 2.24) is 10.2 Å². The van der Waals surface area contributed by atoms with E-state index in [2.05, 4.69) is 5.32 Å². The zero-order chi connectivity index (χ0) is 15.5. The van der Waals surface area contributed by atoms with Crippen LogP contribution in [-0.4, -0.2) is 49.8 Å².